The number of carbonyl (C=O) groups excluding carboxylic acids is 1. The van der Waals surface area contributed by atoms with Gasteiger partial charge in [0, 0.05) is 10.4 Å². The van der Waals surface area contributed by atoms with E-state index in [0.717, 1.165) is 4.88 Å². The van der Waals surface area contributed by atoms with Gasteiger partial charge >= 0.3 is 6.01 Å². The number of nitrogens with zero attached hydrogens (tertiary/aromatic N) is 2. The summed E-state index contributed by atoms with van der Waals surface area (Å²) >= 11 is 7.32. The maximum absolute atomic E-state index is 12.2. The molecule has 7 nitrogen and oxygen atoms in total. The highest BCUT2D eigenvalue weighted by atomic mass is 35.5. The van der Waals surface area contributed by atoms with Gasteiger partial charge in [-0.3, -0.25) is 10.1 Å². The molecule has 1 aliphatic rings. The lowest BCUT2D eigenvalue weighted by Gasteiger charge is -2.02. The van der Waals surface area contributed by atoms with E-state index < -0.39 is 0 Å². The molecule has 0 saturated heterocycles. The molecule has 3 heterocycles. The van der Waals surface area contributed by atoms with Crippen molar-refractivity contribution in [1.29, 1.82) is 0 Å². The molecule has 0 unspecified atom stereocenters. The minimum Gasteiger partial charge on any atom is -0.454 e. The second-order valence-electron chi connectivity index (χ2n) is 4.91. The molecule has 0 aliphatic carbocycles. The number of thiophene rings is 1. The molecule has 4 rings (SSSR count). The van der Waals surface area contributed by atoms with E-state index in [-0.39, 0.29) is 18.7 Å². The molecule has 0 atom stereocenters. The SMILES string of the molecule is O=C(Nc1nnc(Cc2ccc(Cl)s2)o1)c1ccc2c(c1)OCO2. The number of rotatable bonds is 4. The average molecular weight is 364 g/mol. The first-order chi connectivity index (χ1) is 11.7. The smallest absolute Gasteiger partial charge is 0.322 e. The monoisotopic (exact) mass is 363 g/mol. The lowest BCUT2D eigenvalue weighted by Crippen LogP contribution is -2.12. The number of benzene rings is 1. The summed E-state index contributed by atoms with van der Waals surface area (Å²) in [7, 11) is 0. The molecule has 3 aromatic rings. The van der Waals surface area contributed by atoms with E-state index in [1.165, 1.54) is 11.3 Å². The van der Waals surface area contributed by atoms with Crippen molar-refractivity contribution in [3.8, 4) is 11.5 Å². The van der Waals surface area contributed by atoms with Gasteiger partial charge in [-0.1, -0.05) is 16.7 Å². The van der Waals surface area contributed by atoms with Gasteiger partial charge in [0.15, 0.2) is 11.5 Å². The highest BCUT2D eigenvalue weighted by Gasteiger charge is 2.18. The van der Waals surface area contributed by atoms with Gasteiger partial charge in [-0.2, -0.15) is 0 Å². The average Bonchev–Trinajstić information content (AvgIpc) is 3.28. The summed E-state index contributed by atoms with van der Waals surface area (Å²) in [6, 6.07) is 8.64. The number of anilines is 1. The minimum absolute atomic E-state index is 0.0373. The topological polar surface area (TPSA) is 86.5 Å². The summed E-state index contributed by atoms with van der Waals surface area (Å²) in [5.74, 6) is 1.17. The van der Waals surface area contributed by atoms with Gasteiger partial charge < -0.3 is 13.9 Å². The van der Waals surface area contributed by atoms with Crippen molar-refractivity contribution in [2.24, 2.45) is 0 Å². The standard InChI is InChI=1S/C15H10ClN3O4S/c16-12-4-2-9(24-12)6-13-18-19-15(23-13)17-14(20)8-1-3-10-11(5-8)22-7-21-10/h1-5H,6-7H2,(H,17,19,20). The van der Waals surface area contributed by atoms with Crippen molar-refractivity contribution < 1.29 is 18.7 Å². The summed E-state index contributed by atoms with van der Waals surface area (Å²) in [5, 5.41) is 10.3. The van der Waals surface area contributed by atoms with Crippen LogP contribution in [0, 0.1) is 0 Å². The van der Waals surface area contributed by atoms with Crippen molar-refractivity contribution in [2.45, 2.75) is 6.42 Å². The Morgan fingerprint density at radius 1 is 1.21 bits per heavy atom. The maximum Gasteiger partial charge on any atom is 0.322 e. The Kier molecular flexibility index (Phi) is 3.83. The van der Waals surface area contributed by atoms with E-state index in [1.54, 1.807) is 24.3 Å². The number of halogens is 1. The van der Waals surface area contributed by atoms with Gasteiger partial charge in [0.25, 0.3) is 5.91 Å². The second-order valence-corrected chi connectivity index (χ2v) is 6.71. The van der Waals surface area contributed by atoms with Crippen LogP contribution in [0.25, 0.3) is 0 Å². The third-order valence-electron chi connectivity index (χ3n) is 3.28. The van der Waals surface area contributed by atoms with Crippen LogP contribution in [-0.4, -0.2) is 22.9 Å². The number of carbonyl (C=O) groups is 1. The van der Waals surface area contributed by atoms with Crippen LogP contribution in [0.1, 0.15) is 21.1 Å². The first-order valence-electron chi connectivity index (χ1n) is 6.95. The van der Waals surface area contributed by atoms with Gasteiger partial charge in [-0.15, -0.1) is 16.4 Å². The van der Waals surface area contributed by atoms with Gasteiger partial charge in [0.2, 0.25) is 12.7 Å². The third-order valence-corrected chi connectivity index (χ3v) is 4.51. The fraction of sp³-hybridized carbons (Fsp3) is 0.133. The lowest BCUT2D eigenvalue weighted by atomic mass is 10.2. The van der Waals surface area contributed by atoms with Crippen LogP contribution < -0.4 is 14.8 Å². The predicted octanol–water partition coefficient (Wildman–Crippen LogP) is 3.36. The van der Waals surface area contributed by atoms with Crippen LogP contribution >= 0.6 is 22.9 Å². The third kappa shape index (κ3) is 3.06. The number of ether oxygens (including phenoxy) is 2. The summed E-state index contributed by atoms with van der Waals surface area (Å²) in [4.78, 5) is 13.2. The van der Waals surface area contributed by atoms with E-state index in [1.807, 2.05) is 6.07 Å². The lowest BCUT2D eigenvalue weighted by molar-refractivity contribution is 0.102. The van der Waals surface area contributed by atoms with Crippen molar-refractivity contribution >= 4 is 34.9 Å². The van der Waals surface area contributed by atoms with Gasteiger partial charge in [0.05, 0.1) is 10.8 Å². The van der Waals surface area contributed by atoms with Gasteiger partial charge in [-0.05, 0) is 30.3 Å². The molecule has 24 heavy (non-hydrogen) atoms. The Morgan fingerprint density at radius 3 is 2.92 bits per heavy atom. The van der Waals surface area contributed by atoms with Crippen molar-refractivity contribution in [1.82, 2.24) is 10.2 Å². The molecule has 0 saturated carbocycles. The fourth-order valence-electron chi connectivity index (χ4n) is 2.18. The minimum atomic E-state index is -0.373. The normalized spacial score (nSPS) is 12.4. The van der Waals surface area contributed by atoms with E-state index in [9.17, 15) is 4.79 Å². The zero-order valence-corrected chi connectivity index (χ0v) is 13.7. The van der Waals surface area contributed by atoms with Crippen LogP contribution in [0.5, 0.6) is 11.5 Å². The molecular formula is C15H10ClN3O4S. The van der Waals surface area contributed by atoms with Crippen LogP contribution in [0.3, 0.4) is 0 Å². The number of amides is 1. The van der Waals surface area contributed by atoms with Crippen LogP contribution in [0.2, 0.25) is 4.34 Å². The van der Waals surface area contributed by atoms with E-state index >= 15 is 0 Å². The first kappa shape index (κ1) is 15.0. The Balaban J connectivity index is 1.44. The highest BCUT2D eigenvalue weighted by molar-refractivity contribution is 7.16. The Hall–Kier alpha value is -2.58. The largest absolute Gasteiger partial charge is 0.454 e. The van der Waals surface area contributed by atoms with Crippen LogP contribution in [0.15, 0.2) is 34.7 Å². The summed E-state index contributed by atoms with van der Waals surface area (Å²) in [5.41, 5.74) is 0.407. The van der Waals surface area contributed by atoms with E-state index in [0.29, 0.717) is 33.7 Å². The van der Waals surface area contributed by atoms with Crippen LogP contribution in [-0.2, 0) is 6.42 Å². The molecule has 0 radical (unpaired) electrons. The zero-order valence-electron chi connectivity index (χ0n) is 12.1. The van der Waals surface area contributed by atoms with E-state index in [2.05, 4.69) is 15.5 Å². The summed E-state index contributed by atoms with van der Waals surface area (Å²) < 4.78 is 16.6. The van der Waals surface area contributed by atoms with E-state index in [4.69, 9.17) is 25.5 Å². The maximum atomic E-state index is 12.2. The fourth-order valence-corrected chi connectivity index (χ4v) is 3.26. The molecular weight excluding hydrogens is 354 g/mol. The molecule has 0 spiro atoms. The second kappa shape index (κ2) is 6.14. The highest BCUT2D eigenvalue weighted by Crippen LogP contribution is 2.32. The Labute approximate surface area is 145 Å². The van der Waals surface area contributed by atoms with Crippen molar-refractivity contribution in [3.05, 3.63) is 51.0 Å². The molecule has 0 fully saturated rings. The first-order valence-corrected chi connectivity index (χ1v) is 8.14. The molecule has 1 amide bonds. The molecule has 9 heteroatoms. The quantitative estimate of drug-likeness (QED) is 0.764. The molecule has 1 aliphatic heterocycles. The van der Waals surface area contributed by atoms with Gasteiger partial charge in [0.1, 0.15) is 0 Å². The number of hydrogen-bond donors (Lipinski definition) is 1. The number of hydrogen-bond acceptors (Lipinski definition) is 7. The van der Waals surface area contributed by atoms with Crippen molar-refractivity contribution in [3.63, 3.8) is 0 Å². The molecule has 0 bridgehead atoms. The molecule has 2 aromatic heterocycles. The summed E-state index contributed by atoms with van der Waals surface area (Å²) in [6.45, 7) is 0.153. The van der Waals surface area contributed by atoms with Gasteiger partial charge in [-0.25, -0.2) is 0 Å². The summed E-state index contributed by atoms with van der Waals surface area (Å²) in [6.07, 6.45) is 0.463. The Bertz CT molecular complexity index is 908. The molecule has 122 valence electrons. The predicted molar refractivity (Wildman–Crippen MR) is 87.0 cm³/mol. The number of fused-ring (bicyclic) bond motifs is 1. The molecule has 1 aromatic carbocycles. The van der Waals surface area contributed by atoms with Crippen molar-refractivity contribution in [2.75, 3.05) is 12.1 Å². The molecule has 1 N–H and O–H groups in total. The Morgan fingerprint density at radius 2 is 2.08 bits per heavy atom. The zero-order chi connectivity index (χ0) is 16.5. The number of nitrogens with one attached hydrogen (secondary N) is 1. The number of aromatic nitrogens is 2. The van der Waals surface area contributed by atoms with Crippen LogP contribution in [0.4, 0.5) is 6.01 Å².